The van der Waals surface area contributed by atoms with E-state index in [1.807, 2.05) is 6.20 Å². The van der Waals surface area contributed by atoms with Crippen molar-refractivity contribution in [2.75, 3.05) is 6.54 Å². The first-order valence-corrected chi connectivity index (χ1v) is 7.07. The molecule has 19 heavy (non-hydrogen) atoms. The Kier molecular flexibility index (Phi) is 5.16. The highest BCUT2D eigenvalue weighted by atomic mass is 15.3. The second kappa shape index (κ2) is 7.10. The lowest BCUT2D eigenvalue weighted by molar-refractivity contribution is 0.550. The van der Waals surface area contributed by atoms with Crippen molar-refractivity contribution in [3.8, 4) is 0 Å². The quantitative estimate of drug-likeness (QED) is 0.773. The van der Waals surface area contributed by atoms with E-state index in [2.05, 4.69) is 59.3 Å². The number of aryl methyl sites for hydroxylation is 2. The molecule has 0 fully saturated rings. The first-order chi connectivity index (χ1) is 9.31. The molecule has 2 aromatic rings. The van der Waals surface area contributed by atoms with E-state index >= 15 is 0 Å². The minimum Gasteiger partial charge on any atom is -0.311 e. The minimum atomic E-state index is 0.895. The Bertz CT molecular complexity index is 502. The molecule has 1 aromatic carbocycles. The topological polar surface area (TPSA) is 29.9 Å². The molecule has 0 saturated heterocycles. The van der Waals surface area contributed by atoms with Crippen molar-refractivity contribution in [3.05, 3.63) is 53.3 Å². The lowest BCUT2D eigenvalue weighted by atomic mass is 10.1. The van der Waals surface area contributed by atoms with Crippen LogP contribution in [0.5, 0.6) is 0 Å². The highest BCUT2D eigenvalue weighted by molar-refractivity contribution is 5.25. The van der Waals surface area contributed by atoms with Crippen LogP contribution in [0.1, 0.15) is 30.2 Å². The summed E-state index contributed by atoms with van der Waals surface area (Å²) in [5.74, 6) is 0. The fourth-order valence-electron chi connectivity index (χ4n) is 2.25. The van der Waals surface area contributed by atoms with Gasteiger partial charge in [-0.05, 0) is 43.5 Å². The van der Waals surface area contributed by atoms with Gasteiger partial charge in [-0.3, -0.25) is 4.68 Å². The molecule has 0 saturated carbocycles. The zero-order chi connectivity index (χ0) is 13.5. The van der Waals surface area contributed by atoms with Crippen molar-refractivity contribution in [3.63, 3.8) is 0 Å². The van der Waals surface area contributed by atoms with Crippen LogP contribution in [0.2, 0.25) is 0 Å². The summed E-state index contributed by atoms with van der Waals surface area (Å²) in [6.45, 7) is 7.25. The third kappa shape index (κ3) is 3.93. The Morgan fingerprint density at radius 3 is 2.84 bits per heavy atom. The average Bonchev–Trinajstić information content (AvgIpc) is 2.85. The molecule has 0 aliphatic heterocycles. The maximum atomic E-state index is 4.33. The fraction of sp³-hybridized carbons (Fsp3) is 0.438. The first kappa shape index (κ1) is 13.8. The molecule has 0 aliphatic carbocycles. The van der Waals surface area contributed by atoms with Crippen molar-refractivity contribution < 1.29 is 0 Å². The molecule has 3 nitrogen and oxygen atoms in total. The Hall–Kier alpha value is -1.61. The van der Waals surface area contributed by atoms with Crippen LogP contribution in [0.15, 0.2) is 36.5 Å². The highest BCUT2D eigenvalue weighted by Gasteiger charge is 2.01. The fourth-order valence-corrected chi connectivity index (χ4v) is 2.25. The van der Waals surface area contributed by atoms with Gasteiger partial charge in [0.15, 0.2) is 0 Å². The zero-order valence-electron chi connectivity index (χ0n) is 11.9. The number of hydrogen-bond donors (Lipinski definition) is 1. The molecule has 2 rings (SSSR count). The van der Waals surface area contributed by atoms with Gasteiger partial charge in [0, 0.05) is 19.3 Å². The van der Waals surface area contributed by atoms with Crippen LogP contribution in [0.25, 0.3) is 0 Å². The smallest absolute Gasteiger partial charge is 0.0522 e. The maximum Gasteiger partial charge on any atom is 0.0522 e. The van der Waals surface area contributed by atoms with Crippen molar-refractivity contribution in [1.82, 2.24) is 15.1 Å². The van der Waals surface area contributed by atoms with Gasteiger partial charge in [-0.1, -0.05) is 31.2 Å². The van der Waals surface area contributed by atoms with Crippen LogP contribution < -0.4 is 5.32 Å². The molecule has 0 amide bonds. The molecule has 1 heterocycles. The third-order valence-electron chi connectivity index (χ3n) is 3.38. The van der Waals surface area contributed by atoms with Gasteiger partial charge in [0.2, 0.25) is 0 Å². The zero-order valence-corrected chi connectivity index (χ0v) is 11.9. The lowest BCUT2D eigenvalue weighted by Gasteiger charge is -2.09. The highest BCUT2D eigenvalue weighted by Crippen LogP contribution is 2.07. The normalized spacial score (nSPS) is 10.8. The van der Waals surface area contributed by atoms with Crippen LogP contribution in [0.3, 0.4) is 0 Å². The molecule has 0 aliphatic rings. The predicted molar refractivity (Wildman–Crippen MR) is 79.1 cm³/mol. The van der Waals surface area contributed by atoms with E-state index in [4.69, 9.17) is 0 Å². The molecule has 1 N–H and O–H groups in total. The Morgan fingerprint density at radius 1 is 1.21 bits per heavy atom. The van der Waals surface area contributed by atoms with E-state index < -0.39 is 0 Å². The second-order valence-corrected chi connectivity index (χ2v) is 4.90. The van der Waals surface area contributed by atoms with E-state index in [9.17, 15) is 0 Å². The number of hydrogen-bond acceptors (Lipinski definition) is 2. The first-order valence-electron chi connectivity index (χ1n) is 7.07. The summed E-state index contributed by atoms with van der Waals surface area (Å²) >= 11 is 0. The Balaban J connectivity index is 1.78. The maximum absolute atomic E-state index is 4.33. The molecule has 1 aromatic heterocycles. The molecule has 102 valence electrons. The summed E-state index contributed by atoms with van der Waals surface area (Å²) in [7, 11) is 0. The standard InChI is InChI=1S/C16H23N3/c1-3-12-19-16(9-11-18-19)13-17-10-8-15-7-5-4-6-14(15)2/h4-7,9,11,17H,3,8,10,12-13H2,1-2H3. The minimum absolute atomic E-state index is 0.895. The Labute approximate surface area is 115 Å². The summed E-state index contributed by atoms with van der Waals surface area (Å²) in [6.07, 6.45) is 4.08. The lowest BCUT2D eigenvalue weighted by Crippen LogP contribution is -2.19. The molecular weight excluding hydrogens is 234 g/mol. The van der Waals surface area contributed by atoms with E-state index in [1.54, 1.807) is 0 Å². The second-order valence-electron chi connectivity index (χ2n) is 4.90. The van der Waals surface area contributed by atoms with Gasteiger partial charge < -0.3 is 5.32 Å². The van der Waals surface area contributed by atoms with Gasteiger partial charge in [0.1, 0.15) is 0 Å². The SMILES string of the molecule is CCCn1nccc1CNCCc1ccccc1C. The molecule has 0 atom stereocenters. The number of aromatic nitrogens is 2. The molecule has 0 bridgehead atoms. The largest absolute Gasteiger partial charge is 0.311 e. The van der Waals surface area contributed by atoms with Gasteiger partial charge in [-0.2, -0.15) is 5.10 Å². The third-order valence-corrected chi connectivity index (χ3v) is 3.38. The molecular formula is C16H23N3. The van der Waals surface area contributed by atoms with E-state index in [0.29, 0.717) is 0 Å². The Morgan fingerprint density at radius 2 is 2.05 bits per heavy atom. The molecule has 0 radical (unpaired) electrons. The number of benzene rings is 1. The average molecular weight is 257 g/mol. The summed E-state index contributed by atoms with van der Waals surface area (Å²) in [5.41, 5.74) is 4.07. The van der Waals surface area contributed by atoms with Crippen LogP contribution in [-0.2, 0) is 19.5 Å². The van der Waals surface area contributed by atoms with Crippen LogP contribution in [0.4, 0.5) is 0 Å². The van der Waals surface area contributed by atoms with E-state index in [1.165, 1.54) is 16.8 Å². The van der Waals surface area contributed by atoms with Gasteiger partial charge in [0.05, 0.1) is 5.69 Å². The van der Waals surface area contributed by atoms with E-state index in [0.717, 1.165) is 32.5 Å². The number of rotatable bonds is 7. The van der Waals surface area contributed by atoms with Crippen LogP contribution >= 0.6 is 0 Å². The van der Waals surface area contributed by atoms with Crippen molar-refractivity contribution in [1.29, 1.82) is 0 Å². The van der Waals surface area contributed by atoms with Crippen LogP contribution in [-0.4, -0.2) is 16.3 Å². The molecule has 0 unspecified atom stereocenters. The van der Waals surface area contributed by atoms with Crippen molar-refractivity contribution in [2.45, 2.75) is 39.8 Å². The number of nitrogens with one attached hydrogen (secondary N) is 1. The van der Waals surface area contributed by atoms with Crippen molar-refractivity contribution in [2.24, 2.45) is 0 Å². The molecule has 0 spiro atoms. The summed E-state index contributed by atoms with van der Waals surface area (Å²) in [6, 6.07) is 10.7. The van der Waals surface area contributed by atoms with Gasteiger partial charge in [0.25, 0.3) is 0 Å². The van der Waals surface area contributed by atoms with E-state index in [-0.39, 0.29) is 0 Å². The van der Waals surface area contributed by atoms with Gasteiger partial charge >= 0.3 is 0 Å². The molecule has 3 heteroatoms. The monoisotopic (exact) mass is 257 g/mol. The number of nitrogens with zero attached hydrogens (tertiary/aromatic N) is 2. The van der Waals surface area contributed by atoms with Gasteiger partial charge in [-0.15, -0.1) is 0 Å². The summed E-state index contributed by atoms with van der Waals surface area (Å²) < 4.78 is 2.08. The predicted octanol–water partition coefficient (Wildman–Crippen LogP) is 2.93. The summed E-state index contributed by atoms with van der Waals surface area (Å²) in [5, 5.41) is 7.84. The van der Waals surface area contributed by atoms with Gasteiger partial charge in [-0.25, -0.2) is 0 Å². The van der Waals surface area contributed by atoms with Crippen LogP contribution in [0, 0.1) is 6.92 Å². The summed E-state index contributed by atoms with van der Waals surface area (Å²) in [4.78, 5) is 0. The van der Waals surface area contributed by atoms with Crippen molar-refractivity contribution >= 4 is 0 Å².